The summed E-state index contributed by atoms with van der Waals surface area (Å²) in [6.45, 7) is 3.43. The number of hydrogen-bond acceptors (Lipinski definition) is 3. The van der Waals surface area contributed by atoms with Crippen molar-refractivity contribution in [3.63, 3.8) is 0 Å². The van der Waals surface area contributed by atoms with Gasteiger partial charge in [-0.3, -0.25) is 0 Å². The molecule has 1 atom stereocenters. The molecule has 2 rings (SSSR count). The van der Waals surface area contributed by atoms with Crippen LogP contribution in [0.5, 0.6) is 5.75 Å². The minimum absolute atomic E-state index is 0.659. The molecule has 0 radical (unpaired) electrons. The Labute approximate surface area is 126 Å². The molecule has 1 unspecified atom stereocenters. The molecule has 1 aromatic rings. The van der Waals surface area contributed by atoms with Gasteiger partial charge >= 0.3 is 0 Å². The molecule has 0 amide bonds. The Morgan fingerprint density at radius 2 is 2.15 bits per heavy atom. The van der Waals surface area contributed by atoms with E-state index >= 15 is 0 Å². The highest BCUT2D eigenvalue weighted by molar-refractivity contribution is 6.30. The third-order valence-corrected chi connectivity index (χ3v) is 3.76. The number of rotatable bonds is 8. The van der Waals surface area contributed by atoms with Gasteiger partial charge in [-0.2, -0.15) is 0 Å². The topological polar surface area (TPSA) is 30.5 Å². The van der Waals surface area contributed by atoms with Gasteiger partial charge in [0.05, 0.1) is 6.61 Å². The summed E-state index contributed by atoms with van der Waals surface area (Å²) in [5.41, 5.74) is 0. The molecular weight excluding hydrogens is 274 g/mol. The zero-order valence-corrected chi connectivity index (χ0v) is 12.7. The number of ether oxygens (including phenoxy) is 2. The molecule has 1 N–H and O–H groups in total. The first-order chi connectivity index (χ1) is 9.84. The van der Waals surface area contributed by atoms with Crippen molar-refractivity contribution in [1.82, 2.24) is 5.32 Å². The second-order valence-electron chi connectivity index (χ2n) is 5.21. The van der Waals surface area contributed by atoms with Gasteiger partial charge in [-0.05, 0) is 44.0 Å². The molecule has 1 aromatic carbocycles. The number of nitrogens with one attached hydrogen (secondary N) is 1. The van der Waals surface area contributed by atoms with E-state index in [-0.39, 0.29) is 0 Å². The molecule has 1 aliphatic rings. The standard InChI is InChI=1S/C16H24ClNO2/c17-14-5-3-7-16(13-14)20-11-4-10-19-12-8-15-6-1-2-9-18-15/h3,5,7,13,15,18H,1-2,4,6,8-12H2. The first-order valence-electron chi connectivity index (χ1n) is 7.54. The van der Waals surface area contributed by atoms with Crippen LogP contribution < -0.4 is 10.1 Å². The average Bonchev–Trinajstić information content (AvgIpc) is 2.47. The Kier molecular flexibility index (Phi) is 7.20. The van der Waals surface area contributed by atoms with Crippen molar-refractivity contribution in [2.75, 3.05) is 26.4 Å². The number of hydrogen-bond donors (Lipinski definition) is 1. The minimum atomic E-state index is 0.659. The van der Waals surface area contributed by atoms with E-state index in [0.29, 0.717) is 17.7 Å². The highest BCUT2D eigenvalue weighted by atomic mass is 35.5. The normalized spacial score (nSPS) is 18.9. The second-order valence-corrected chi connectivity index (χ2v) is 5.64. The van der Waals surface area contributed by atoms with Gasteiger partial charge in [0.15, 0.2) is 0 Å². The van der Waals surface area contributed by atoms with E-state index in [0.717, 1.165) is 38.3 Å². The summed E-state index contributed by atoms with van der Waals surface area (Å²) >= 11 is 5.89. The summed E-state index contributed by atoms with van der Waals surface area (Å²) in [6, 6.07) is 8.15. The lowest BCUT2D eigenvalue weighted by Crippen LogP contribution is -2.34. The van der Waals surface area contributed by atoms with Crippen LogP contribution in [0.3, 0.4) is 0 Å². The van der Waals surface area contributed by atoms with Crippen LogP contribution in [0.15, 0.2) is 24.3 Å². The number of benzene rings is 1. The largest absolute Gasteiger partial charge is 0.493 e. The van der Waals surface area contributed by atoms with Crippen LogP contribution in [0.25, 0.3) is 0 Å². The summed E-state index contributed by atoms with van der Waals surface area (Å²) in [4.78, 5) is 0. The highest BCUT2D eigenvalue weighted by Gasteiger charge is 2.11. The molecule has 0 saturated carbocycles. The van der Waals surface area contributed by atoms with Crippen LogP contribution in [0, 0.1) is 0 Å². The van der Waals surface area contributed by atoms with Gasteiger partial charge in [-0.15, -0.1) is 0 Å². The summed E-state index contributed by atoms with van der Waals surface area (Å²) in [7, 11) is 0. The van der Waals surface area contributed by atoms with Gasteiger partial charge in [-0.1, -0.05) is 24.1 Å². The van der Waals surface area contributed by atoms with Crippen molar-refractivity contribution in [3.05, 3.63) is 29.3 Å². The molecule has 0 spiro atoms. The van der Waals surface area contributed by atoms with Crippen molar-refractivity contribution in [2.45, 2.75) is 38.1 Å². The van der Waals surface area contributed by atoms with E-state index in [9.17, 15) is 0 Å². The molecule has 3 nitrogen and oxygen atoms in total. The van der Waals surface area contributed by atoms with E-state index in [2.05, 4.69) is 5.32 Å². The third kappa shape index (κ3) is 6.12. The smallest absolute Gasteiger partial charge is 0.120 e. The molecule has 0 bridgehead atoms. The van der Waals surface area contributed by atoms with Gasteiger partial charge in [0, 0.05) is 30.7 Å². The molecular formula is C16H24ClNO2. The van der Waals surface area contributed by atoms with Crippen LogP contribution in [0.4, 0.5) is 0 Å². The maximum absolute atomic E-state index is 5.89. The van der Waals surface area contributed by atoms with Crippen LogP contribution in [0.2, 0.25) is 5.02 Å². The zero-order valence-electron chi connectivity index (χ0n) is 11.9. The highest BCUT2D eigenvalue weighted by Crippen LogP contribution is 2.17. The average molecular weight is 298 g/mol. The molecule has 0 aliphatic carbocycles. The third-order valence-electron chi connectivity index (χ3n) is 3.52. The van der Waals surface area contributed by atoms with Crippen LogP contribution in [0.1, 0.15) is 32.1 Å². The van der Waals surface area contributed by atoms with Crippen molar-refractivity contribution in [1.29, 1.82) is 0 Å². The Morgan fingerprint density at radius 3 is 2.95 bits per heavy atom. The Bertz CT molecular complexity index is 380. The maximum atomic E-state index is 5.89. The van der Waals surface area contributed by atoms with E-state index in [4.69, 9.17) is 21.1 Å². The van der Waals surface area contributed by atoms with Crippen LogP contribution in [-0.4, -0.2) is 32.4 Å². The van der Waals surface area contributed by atoms with Gasteiger partial charge in [0.25, 0.3) is 0 Å². The quantitative estimate of drug-likeness (QED) is 0.743. The number of halogens is 1. The molecule has 20 heavy (non-hydrogen) atoms. The summed E-state index contributed by atoms with van der Waals surface area (Å²) in [5, 5.41) is 4.24. The molecule has 1 saturated heterocycles. The second kappa shape index (κ2) is 9.22. The fourth-order valence-corrected chi connectivity index (χ4v) is 2.59. The Hall–Kier alpha value is -0.770. The molecule has 1 fully saturated rings. The first kappa shape index (κ1) is 15.6. The summed E-state index contributed by atoms with van der Waals surface area (Å²) in [5.74, 6) is 0.823. The van der Waals surface area contributed by atoms with Gasteiger partial charge in [-0.25, -0.2) is 0 Å². The number of piperidine rings is 1. The van der Waals surface area contributed by atoms with Crippen molar-refractivity contribution in [2.24, 2.45) is 0 Å². The first-order valence-corrected chi connectivity index (χ1v) is 7.92. The lowest BCUT2D eigenvalue weighted by Gasteiger charge is -2.23. The van der Waals surface area contributed by atoms with Gasteiger partial charge in [0.2, 0.25) is 0 Å². The SMILES string of the molecule is Clc1cccc(OCCCOCCC2CCCCN2)c1. The Morgan fingerprint density at radius 1 is 1.20 bits per heavy atom. The fourth-order valence-electron chi connectivity index (χ4n) is 2.41. The van der Waals surface area contributed by atoms with Crippen LogP contribution >= 0.6 is 11.6 Å². The predicted octanol–water partition coefficient (Wildman–Crippen LogP) is 3.66. The maximum Gasteiger partial charge on any atom is 0.120 e. The molecule has 1 aliphatic heterocycles. The van der Waals surface area contributed by atoms with E-state index in [1.54, 1.807) is 0 Å². The molecule has 4 heteroatoms. The zero-order chi connectivity index (χ0) is 14.0. The van der Waals surface area contributed by atoms with Crippen molar-refractivity contribution >= 4 is 11.6 Å². The lowest BCUT2D eigenvalue weighted by atomic mass is 10.0. The minimum Gasteiger partial charge on any atom is -0.493 e. The van der Waals surface area contributed by atoms with E-state index < -0.39 is 0 Å². The molecule has 1 heterocycles. The summed E-state index contributed by atoms with van der Waals surface area (Å²) < 4.78 is 11.3. The lowest BCUT2D eigenvalue weighted by molar-refractivity contribution is 0.108. The molecule has 112 valence electrons. The van der Waals surface area contributed by atoms with Crippen molar-refractivity contribution in [3.8, 4) is 5.75 Å². The molecule has 0 aromatic heterocycles. The van der Waals surface area contributed by atoms with Gasteiger partial charge in [0.1, 0.15) is 5.75 Å². The monoisotopic (exact) mass is 297 g/mol. The fraction of sp³-hybridized carbons (Fsp3) is 0.625. The van der Waals surface area contributed by atoms with E-state index in [1.165, 1.54) is 19.3 Å². The summed E-state index contributed by atoms with van der Waals surface area (Å²) in [6.07, 6.45) is 5.99. The van der Waals surface area contributed by atoms with Crippen LogP contribution in [-0.2, 0) is 4.74 Å². The van der Waals surface area contributed by atoms with E-state index in [1.807, 2.05) is 24.3 Å². The van der Waals surface area contributed by atoms with Gasteiger partial charge < -0.3 is 14.8 Å². The Balaban J connectivity index is 1.45. The predicted molar refractivity (Wildman–Crippen MR) is 82.6 cm³/mol. The van der Waals surface area contributed by atoms with Crippen molar-refractivity contribution < 1.29 is 9.47 Å².